The fraction of sp³-hybridized carbons (Fsp3) is 0.250. The summed E-state index contributed by atoms with van der Waals surface area (Å²) in [5.41, 5.74) is 0.127. The number of ether oxygens (including phenoxy) is 1. The zero-order chi connectivity index (χ0) is 11.5. The van der Waals surface area contributed by atoms with Crippen molar-refractivity contribution >= 4 is 22.6 Å². The van der Waals surface area contributed by atoms with E-state index in [2.05, 4.69) is 9.72 Å². The first-order valence-electron chi connectivity index (χ1n) is 3.69. The van der Waals surface area contributed by atoms with Crippen LogP contribution in [0.4, 0.5) is 13.2 Å². The lowest BCUT2D eigenvalue weighted by Crippen LogP contribution is -2.19. The van der Waals surface area contributed by atoms with Gasteiger partial charge in [0, 0.05) is 18.0 Å². The molecular formula is C8H4F3IN2O. The molecule has 0 aromatic carbocycles. The summed E-state index contributed by atoms with van der Waals surface area (Å²) >= 11 is 1.67. The van der Waals surface area contributed by atoms with E-state index >= 15 is 0 Å². The largest absolute Gasteiger partial charge is 0.573 e. The third-order valence-corrected chi connectivity index (χ3v) is 2.18. The molecule has 0 unspecified atom stereocenters. The van der Waals surface area contributed by atoms with Gasteiger partial charge in [0.25, 0.3) is 0 Å². The summed E-state index contributed by atoms with van der Waals surface area (Å²) in [6.07, 6.45) is -2.50. The third kappa shape index (κ3) is 3.54. The van der Waals surface area contributed by atoms with E-state index in [4.69, 9.17) is 5.26 Å². The molecule has 0 aliphatic rings. The number of alkyl halides is 3. The molecule has 1 rings (SSSR count). The maximum Gasteiger partial charge on any atom is 0.573 e. The lowest BCUT2D eigenvalue weighted by Gasteiger charge is -2.12. The number of halogens is 4. The molecule has 7 heteroatoms. The van der Waals surface area contributed by atoms with Gasteiger partial charge in [0.15, 0.2) is 0 Å². The zero-order valence-corrected chi connectivity index (χ0v) is 9.33. The average Bonchev–Trinajstić information content (AvgIpc) is 2.10. The van der Waals surface area contributed by atoms with Crippen LogP contribution in [0.1, 0.15) is 5.56 Å². The summed E-state index contributed by atoms with van der Waals surface area (Å²) in [5.74, 6) is -0.348. The van der Waals surface area contributed by atoms with Crippen LogP contribution in [0.15, 0.2) is 12.4 Å². The average molecular weight is 328 g/mol. The van der Waals surface area contributed by atoms with Crippen molar-refractivity contribution in [3.05, 3.63) is 21.5 Å². The van der Waals surface area contributed by atoms with E-state index in [1.807, 2.05) is 0 Å². The van der Waals surface area contributed by atoms with Crippen LogP contribution in [0.25, 0.3) is 0 Å². The van der Waals surface area contributed by atoms with Crippen molar-refractivity contribution in [1.29, 1.82) is 5.26 Å². The van der Waals surface area contributed by atoms with Gasteiger partial charge in [-0.25, -0.2) is 0 Å². The van der Waals surface area contributed by atoms with Gasteiger partial charge in [0.2, 0.25) is 0 Å². The van der Waals surface area contributed by atoms with Crippen molar-refractivity contribution in [2.45, 2.75) is 12.8 Å². The molecule has 0 saturated carbocycles. The minimum Gasteiger partial charge on any atom is -0.404 e. The maximum atomic E-state index is 12.0. The van der Waals surface area contributed by atoms with Gasteiger partial charge in [-0.1, -0.05) is 0 Å². The Morgan fingerprint density at radius 3 is 2.67 bits per heavy atom. The zero-order valence-electron chi connectivity index (χ0n) is 7.18. The summed E-state index contributed by atoms with van der Waals surface area (Å²) in [5, 5.41) is 8.42. The van der Waals surface area contributed by atoms with Crippen LogP contribution in [-0.2, 0) is 6.42 Å². The number of nitriles is 1. The molecule has 0 radical (unpaired) electrons. The van der Waals surface area contributed by atoms with E-state index in [9.17, 15) is 13.2 Å². The molecule has 0 saturated heterocycles. The lowest BCUT2D eigenvalue weighted by atomic mass is 10.2. The Hall–Kier alpha value is -1.04. The van der Waals surface area contributed by atoms with Gasteiger partial charge in [-0.2, -0.15) is 5.26 Å². The number of rotatable bonds is 2. The normalized spacial score (nSPS) is 10.9. The van der Waals surface area contributed by atoms with Gasteiger partial charge in [-0.15, -0.1) is 13.2 Å². The van der Waals surface area contributed by atoms with E-state index in [-0.39, 0.29) is 21.3 Å². The third-order valence-electron chi connectivity index (χ3n) is 1.41. The first-order chi connectivity index (χ1) is 6.94. The van der Waals surface area contributed by atoms with Gasteiger partial charge >= 0.3 is 6.36 Å². The summed E-state index contributed by atoms with van der Waals surface area (Å²) in [6.45, 7) is 0. The first kappa shape index (κ1) is 12.0. The smallest absolute Gasteiger partial charge is 0.404 e. The summed E-state index contributed by atoms with van der Waals surface area (Å²) in [4.78, 5) is 3.69. The SMILES string of the molecule is N#CCc1cncc(I)c1OC(F)(F)F. The van der Waals surface area contributed by atoms with Crippen LogP contribution < -0.4 is 4.74 Å². The van der Waals surface area contributed by atoms with E-state index in [0.717, 1.165) is 0 Å². The van der Waals surface area contributed by atoms with Crippen molar-refractivity contribution in [2.24, 2.45) is 0 Å². The molecule has 1 aromatic heterocycles. The van der Waals surface area contributed by atoms with Crippen molar-refractivity contribution in [3.8, 4) is 11.8 Å². The first-order valence-corrected chi connectivity index (χ1v) is 4.77. The van der Waals surface area contributed by atoms with Gasteiger partial charge in [0.05, 0.1) is 16.1 Å². The molecule has 0 bridgehead atoms. The van der Waals surface area contributed by atoms with Crippen LogP contribution in [0.2, 0.25) is 0 Å². The highest BCUT2D eigenvalue weighted by Crippen LogP contribution is 2.30. The van der Waals surface area contributed by atoms with Crippen molar-refractivity contribution in [2.75, 3.05) is 0 Å². The van der Waals surface area contributed by atoms with E-state index in [1.54, 1.807) is 28.7 Å². The van der Waals surface area contributed by atoms with Crippen LogP contribution in [0.5, 0.6) is 5.75 Å². The quantitative estimate of drug-likeness (QED) is 0.784. The Morgan fingerprint density at radius 2 is 2.13 bits per heavy atom. The second-order valence-corrected chi connectivity index (χ2v) is 3.65. The summed E-state index contributed by atoms with van der Waals surface area (Å²) in [7, 11) is 0. The van der Waals surface area contributed by atoms with Crippen molar-refractivity contribution in [1.82, 2.24) is 4.98 Å². The van der Waals surface area contributed by atoms with Gasteiger partial charge < -0.3 is 4.74 Å². The second-order valence-electron chi connectivity index (χ2n) is 2.49. The molecule has 1 heterocycles. The Kier molecular flexibility index (Phi) is 3.73. The molecule has 0 spiro atoms. The highest BCUT2D eigenvalue weighted by Gasteiger charge is 2.33. The van der Waals surface area contributed by atoms with Crippen LogP contribution >= 0.6 is 22.6 Å². The minimum absolute atomic E-state index is 0.127. The van der Waals surface area contributed by atoms with E-state index in [0.29, 0.717) is 0 Å². The molecule has 3 nitrogen and oxygen atoms in total. The Morgan fingerprint density at radius 1 is 1.47 bits per heavy atom. The number of pyridine rings is 1. The van der Waals surface area contributed by atoms with Crippen molar-refractivity contribution in [3.63, 3.8) is 0 Å². The highest BCUT2D eigenvalue weighted by atomic mass is 127. The number of nitrogens with zero attached hydrogens (tertiary/aromatic N) is 2. The van der Waals surface area contributed by atoms with Crippen LogP contribution in [-0.4, -0.2) is 11.3 Å². The Labute approximate surface area is 97.0 Å². The molecule has 0 N–H and O–H groups in total. The van der Waals surface area contributed by atoms with E-state index < -0.39 is 6.36 Å². The van der Waals surface area contributed by atoms with Crippen LogP contribution in [0, 0.1) is 14.9 Å². The monoisotopic (exact) mass is 328 g/mol. The predicted molar refractivity (Wildman–Crippen MR) is 53.0 cm³/mol. The summed E-state index contributed by atoms with van der Waals surface area (Å²) < 4.78 is 40.1. The topological polar surface area (TPSA) is 45.9 Å². The maximum absolute atomic E-state index is 12.0. The molecule has 0 amide bonds. The van der Waals surface area contributed by atoms with E-state index in [1.165, 1.54) is 12.4 Å². The summed E-state index contributed by atoms with van der Waals surface area (Å²) in [6, 6.07) is 1.75. The molecular weight excluding hydrogens is 324 g/mol. The van der Waals surface area contributed by atoms with Gasteiger partial charge in [0.1, 0.15) is 5.75 Å². The van der Waals surface area contributed by atoms with Gasteiger partial charge in [-0.3, -0.25) is 4.98 Å². The standard InChI is InChI=1S/C8H4F3IN2O/c9-8(10,11)15-7-5(1-2-13)3-14-4-6(7)12/h3-4H,1H2. The number of aromatic nitrogens is 1. The molecule has 0 aliphatic carbocycles. The molecule has 0 fully saturated rings. The lowest BCUT2D eigenvalue weighted by molar-refractivity contribution is -0.275. The van der Waals surface area contributed by atoms with Crippen LogP contribution in [0.3, 0.4) is 0 Å². The predicted octanol–water partition coefficient (Wildman–Crippen LogP) is 2.65. The number of hydrogen-bond acceptors (Lipinski definition) is 3. The minimum atomic E-state index is -4.76. The second kappa shape index (κ2) is 4.65. The Bertz CT molecular complexity index is 400. The molecule has 1 aromatic rings. The fourth-order valence-electron chi connectivity index (χ4n) is 0.904. The molecule has 0 atom stereocenters. The Balaban J connectivity index is 3.09. The fourth-order valence-corrected chi connectivity index (χ4v) is 1.52. The molecule has 0 aliphatic heterocycles. The van der Waals surface area contributed by atoms with Crippen molar-refractivity contribution < 1.29 is 17.9 Å². The molecule has 80 valence electrons. The van der Waals surface area contributed by atoms with Gasteiger partial charge in [-0.05, 0) is 22.6 Å². The number of hydrogen-bond donors (Lipinski definition) is 0. The molecule has 15 heavy (non-hydrogen) atoms. The highest BCUT2D eigenvalue weighted by molar-refractivity contribution is 14.1.